The van der Waals surface area contributed by atoms with E-state index in [1.165, 1.54) is 31.2 Å². The van der Waals surface area contributed by atoms with Crippen molar-refractivity contribution in [1.82, 2.24) is 0 Å². The number of hydrogen-bond acceptors (Lipinski definition) is 1. The van der Waals surface area contributed by atoms with Crippen LogP contribution in [0.2, 0.25) is 0 Å². The number of rotatable bonds is 1. The Balaban J connectivity index is 2.55. The lowest BCUT2D eigenvalue weighted by molar-refractivity contribution is -0.137. The normalized spacial score (nSPS) is 11.6. The van der Waals surface area contributed by atoms with Gasteiger partial charge in [-0.3, -0.25) is 0 Å². The van der Waals surface area contributed by atoms with E-state index in [9.17, 15) is 17.6 Å². The molecule has 0 aliphatic heterocycles. The molecule has 0 radical (unpaired) electrons. The number of aryl methyl sites for hydroxylation is 1. The van der Waals surface area contributed by atoms with Crippen LogP contribution in [0.25, 0.3) is 11.1 Å². The van der Waals surface area contributed by atoms with Gasteiger partial charge in [-0.15, -0.1) is 0 Å². The van der Waals surface area contributed by atoms with Crippen LogP contribution in [0, 0.1) is 12.7 Å². The summed E-state index contributed by atoms with van der Waals surface area (Å²) in [6.45, 7) is 1.51. The van der Waals surface area contributed by atoms with E-state index in [-0.39, 0.29) is 5.56 Å². The van der Waals surface area contributed by atoms with Crippen LogP contribution < -0.4 is 5.73 Å². The van der Waals surface area contributed by atoms with Gasteiger partial charge in [-0.1, -0.05) is 6.07 Å². The zero-order chi connectivity index (χ0) is 14.2. The molecule has 5 heteroatoms. The third-order valence-electron chi connectivity index (χ3n) is 2.83. The molecule has 0 amide bonds. The Morgan fingerprint density at radius 1 is 0.947 bits per heavy atom. The van der Waals surface area contributed by atoms with Crippen molar-refractivity contribution in [1.29, 1.82) is 0 Å². The molecule has 1 nitrogen and oxygen atoms in total. The van der Waals surface area contributed by atoms with Crippen molar-refractivity contribution >= 4 is 5.69 Å². The fraction of sp³-hybridized carbons (Fsp3) is 0.143. The van der Waals surface area contributed by atoms with E-state index in [4.69, 9.17) is 5.73 Å². The lowest BCUT2D eigenvalue weighted by Crippen LogP contribution is -2.05. The van der Waals surface area contributed by atoms with E-state index in [0.717, 1.165) is 12.1 Å². The molecule has 0 saturated heterocycles. The number of anilines is 1. The fourth-order valence-corrected chi connectivity index (χ4v) is 1.89. The average molecular weight is 269 g/mol. The van der Waals surface area contributed by atoms with E-state index < -0.39 is 17.6 Å². The Morgan fingerprint density at radius 2 is 1.63 bits per heavy atom. The summed E-state index contributed by atoms with van der Waals surface area (Å²) in [5.41, 5.74) is 6.12. The first-order valence-corrected chi connectivity index (χ1v) is 5.52. The summed E-state index contributed by atoms with van der Waals surface area (Å²) in [4.78, 5) is 0. The van der Waals surface area contributed by atoms with Crippen LogP contribution in [0.15, 0.2) is 36.4 Å². The molecule has 0 aliphatic carbocycles. The van der Waals surface area contributed by atoms with Gasteiger partial charge in [-0.05, 0) is 48.4 Å². The highest BCUT2D eigenvalue weighted by Crippen LogP contribution is 2.34. The van der Waals surface area contributed by atoms with Crippen LogP contribution in [0.1, 0.15) is 11.1 Å². The fourth-order valence-electron chi connectivity index (χ4n) is 1.89. The molecule has 2 aromatic rings. The lowest BCUT2D eigenvalue weighted by Gasteiger charge is -2.12. The van der Waals surface area contributed by atoms with Gasteiger partial charge in [0.25, 0.3) is 0 Å². The number of halogens is 4. The van der Waals surface area contributed by atoms with Gasteiger partial charge in [-0.2, -0.15) is 13.2 Å². The van der Waals surface area contributed by atoms with E-state index in [1.807, 2.05) is 0 Å². The number of nitrogens with two attached hydrogens (primary N) is 1. The van der Waals surface area contributed by atoms with Crippen LogP contribution in [0.5, 0.6) is 0 Å². The number of benzene rings is 2. The molecule has 0 heterocycles. The highest BCUT2D eigenvalue weighted by atomic mass is 19.4. The van der Waals surface area contributed by atoms with E-state index in [1.54, 1.807) is 0 Å². The van der Waals surface area contributed by atoms with Crippen molar-refractivity contribution in [3.63, 3.8) is 0 Å². The molecule has 0 fully saturated rings. The molecule has 2 N–H and O–H groups in total. The van der Waals surface area contributed by atoms with E-state index in [0.29, 0.717) is 16.8 Å². The van der Waals surface area contributed by atoms with Crippen LogP contribution in [-0.2, 0) is 6.18 Å². The van der Waals surface area contributed by atoms with Gasteiger partial charge in [-0.25, -0.2) is 4.39 Å². The minimum absolute atomic E-state index is 0.200. The highest BCUT2D eigenvalue weighted by Gasteiger charge is 2.30. The van der Waals surface area contributed by atoms with Crippen LogP contribution >= 0.6 is 0 Å². The largest absolute Gasteiger partial charge is 0.416 e. The van der Waals surface area contributed by atoms with Crippen molar-refractivity contribution in [2.75, 3.05) is 5.73 Å². The molecular weight excluding hydrogens is 258 g/mol. The first-order chi connectivity index (χ1) is 8.79. The Labute approximate surface area is 107 Å². The van der Waals surface area contributed by atoms with Gasteiger partial charge in [0.2, 0.25) is 0 Å². The maximum atomic E-state index is 13.7. The molecule has 2 aromatic carbocycles. The molecular formula is C14H11F4N. The third kappa shape index (κ3) is 2.70. The first-order valence-electron chi connectivity index (χ1n) is 5.52. The van der Waals surface area contributed by atoms with Gasteiger partial charge >= 0.3 is 6.18 Å². The minimum atomic E-state index is -4.41. The molecule has 0 unspecified atom stereocenters. The Bertz CT molecular complexity index is 617. The van der Waals surface area contributed by atoms with Crippen molar-refractivity contribution in [3.8, 4) is 11.1 Å². The summed E-state index contributed by atoms with van der Waals surface area (Å²) in [5, 5.41) is 0. The number of nitrogen functional groups attached to an aromatic ring is 1. The van der Waals surface area contributed by atoms with Crippen LogP contribution in [-0.4, -0.2) is 0 Å². The van der Waals surface area contributed by atoms with Crippen molar-refractivity contribution in [2.24, 2.45) is 0 Å². The maximum Gasteiger partial charge on any atom is 0.416 e. The summed E-state index contributed by atoms with van der Waals surface area (Å²) in [7, 11) is 0. The molecule has 0 aliphatic rings. The summed E-state index contributed by atoms with van der Waals surface area (Å²) >= 11 is 0. The van der Waals surface area contributed by atoms with Gasteiger partial charge in [0.15, 0.2) is 0 Å². The Morgan fingerprint density at radius 3 is 2.21 bits per heavy atom. The zero-order valence-electron chi connectivity index (χ0n) is 10.1. The Hall–Kier alpha value is -2.04. The average Bonchev–Trinajstić information content (AvgIpc) is 2.31. The summed E-state index contributed by atoms with van der Waals surface area (Å²) < 4.78 is 51.3. The predicted octanol–water partition coefficient (Wildman–Crippen LogP) is 4.40. The molecule has 0 saturated carbocycles. The van der Waals surface area contributed by atoms with Crippen molar-refractivity contribution in [3.05, 3.63) is 53.3 Å². The van der Waals surface area contributed by atoms with Gasteiger partial charge in [0.1, 0.15) is 5.82 Å². The topological polar surface area (TPSA) is 26.0 Å². The monoisotopic (exact) mass is 269 g/mol. The summed E-state index contributed by atoms with van der Waals surface area (Å²) in [6.07, 6.45) is -4.41. The molecule has 0 bridgehead atoms. The SMILES string of the molecule is Cc1cc(C(F)(F)F)ccc1-c1cc(N)ccc1F. The first kappa shape index (κ1) is 13.4. The number of hydrogen-bond donors (Lipinski definition) is 1. The van der Waals surface area contributed by atoms with Crippen LogP contribution in [0.3, 0.4) is 0 Å². The van der Waals surface area contributed by atoms with Gasteiger partial charge < -0.3 is 5.73 Å². The van der Waals surface area contributed by atoms with E-state index in [2.05, 4.69) is 0 Å². The summed E-state index contributed by atoms with van der Waals surface area (Å²) in [6, 6.07) is 7.20. The van der Waals surface area contributed by atoms with Crippen molar-refractivity contribution in [2.45, 2.75) is 13.1 Å². The second-order valence-corrected chi connectivity index (χ2v) is 4.27. The Kier molecular flexibility index (Phi) is 3.22. The molecule has 0 spiro atoms. The molecule has 0 aromatic heterocycles. The number of alkyl halides is 3. The smallest absolute Gasteiger partial charge is 0.399 e. The zero-order valence-corrected chi connectivity index (χ0v) is 10.1. The van der Waals surface area contributed by atoms with Crippen LogP contribution in [0.4, 0.5) is 23.2 Å². The molecule has 100 valence electrons. The highest BCUT2D eigenvalue weighted by molar-refractivity contribution is 5.71. The third-order valence-corrected chi connectivity index (χ3v) is 2.83. The molecule has 0 atom stereocenters. The summed E-state index contributed by atoms with van der Waals surface area (Å²) in [5.74, 6) is -0.517. The maximum absolute atomic E-state index is 13.7. The van der Waals surface area contributed by atoms with Gasteiger partial charge in [0, 0.05) is 11.3 Å². The standard InChI is InChI=1S/C14H11F4N/c1-8-6-9(14(16,17)18)2-4-11(8)12-7-10(19)3-5-13(12)15/h2-7H,19H2,1H3. The lowest BCUT2D eigenvalue weighted by atomic mass is 9.97. The molecule has 2 rings (SSSR count). The second kappa shape index (κ2) is 4.57. The molecule has 19 heavy (non-hydrogen) atoms. The minimum Gasteiger partial charge on any atom is -0.399 e. The quantitative estimate of drug-likeness (QED) is 0.602. The van der Waals surface area contributed by atoms with E-state index >= 15 is 0 Å². The second-order valence-electron chi connectivity index (χ2n) is 4.27. The van der Waals surface area contributed by atoms with Crippen molar-refractivity contribution < 1.29 is 17.6 Å². The van der Waals surface area contributed by atoms with Gasteiger partial charge in [0.05, 0.1) is 5.56 Å². The predicted molar refractivity (Wildman–Crippen MR) is 66.0 cm³/mol.